The fourth-order valence-corrected chi connectivity index (χ4v) is 1.53. The maximum atomic E-state index is 12.1. The van der Waals surface area contributed by atoms with Crippen molar-refractivity contribution in [3.63, 3.8) is 0 Å². The van der Waals surface area contributed by atoms with E-state index < -0.39 is 24.6 Å². The highest BCUT2D eigenvalue weighted by atomic mass is 35.5. The summed E-state index contributed by atoms with van der Waals surface area (Å²) in [6.07, 6.45) is -3.75. The van der Waals surface area contributed by atoms with Gasteiger partial charge in [-0.15, -0.1) is 13.2 Å². The normalized spacial score (nSPS) is 11.7. The van der Waals surface area contributed by atoms with Crippen molar-refractivity contribution >= 4 is 23.6 Å². The van der Waals surface area contributed by atoms with Crippen molar-refractivity contribution < 1.29 is 27.8 Å². The molecule has 6 nitrogen and oxygen atoms in total. The average molecular weight is 322 g/mol. The molecule has 21 heavy (non-hydrogen) atoms. The van der Waals surface area contributed by atoms with Gasteiger partial charge in [-0.25, -0.2) is 4.79 Å². The molecule has 0 atom stereocenters. The van der Waals surface area contributed by atoms with Gasteiger partial charge in [-0.3, -0.25) is 0 Å². The van der Waals surface area contributed by atoms with Crippen LogP contribution in [0.5, 0.6) is 5.75 Å². The number of rotatable bonds is 5. The molecule has 0 aromatic heterocycles. The van der Waals surface area contributed by atoms with Crippen molar-refractivity contribution in [2.45, 2.75) is 6.36 Å². The van der Waals surface area contributed by atoms with Crippen molar-refractivity contribution in [2.75, 3.05) is 6.54 Å². The molecule has 0 aliphatic carbocycles. The highest BCUT2D eigenvalue weighted by molar-refractivity contribution is 6.32. The van der Waals surface area contributed by atoms with E-state index in [-0.39, 0.29) is 16.2 Å². The van der Waals surface area contributed by atoms with Gasteiger partial charge in [-0.2, -0.15) is 0 Å². The van der Waals surface area contributed by atoms with Crippen LogP contribution in [0.1, 0.15) is 5.56 Å². The van der Waals surface area contributed by atoms with Crippen molar-refractivity contribution in [3.8, 4) is 5.75 Å². The van der Waals surface area contributed by atoms with E-state index in [1.54, 1.807) is 0 Å². The third-order valence-corrected chi connectivity index (χ3v) is 2.40. The summed E-state index contributed by atoms with van der Waals surface area (Å²) in [5.74, 6) is -1.93. The van der Waals surface area contributed by atoms with Crippen LogP contribution < -0.4 is 4.74 Å². The Morgan fingerprint density at radius 3 is 2.67 bits per heavy atom. The van der Waals surface area contributed by atoms with E-state index in [2.05, 4.69) is 14.8 Å². The summed E-state index contributed by atoms with van der Waals surface area (Å²) < 4.78 is 39.8. The molecule has 0 saturated heterocycles. The zero-order valence-electron chi connectivity index (χ0n) is 10.1. The summed E-state index contributed by atoms with van der Waals surface area (Å²) in [7, 11) is 0. The van der Waals surface area contributed by atoms with Crippen molar-refractivity contribution in [1.29, 1.82) is 0 Å². The molecular weight excluding hydrogens is 315 g/mol. The molecule has 1 aromatic rings. The predicted octanol–water partition coefficient (Wildman–Crippen LogP) is 4.02. The van der Waals surface area contributed by atoms with Gasteiger partial charge in [0.1, 0.15) is 5.75 Å². The summed E-state index contributed by atoms with van der Waals surface area (Å²) >= 11 is 5.62. The Bertz CT molecular complexity index is 625. The third kappa shape index (κ3) is 5.64. The SMILES string of the molecule is [N-]=[N+]=NCC(=Cc1ccc(OC(F)(F)F)c(Cl)c1)C(=O)O. The first-order chi connectivity index (χ1) is 9.73. The fourth-order valence-electron chi connectivity index (χ4n) is 1.30. The van der Waals surface area contributed by atoms with Crippen LogP contribution in [0.4, 0.5) is 13.2 Å². The summed E-state index contributed by atoms with van der Waals surface area (Å²) in [4.78, 5) is 13.3. The van der Waals surface area contributed by atoms with Gasteiger partial charge >= 0.3 is 12.3 Å². The van der Waals surface area contributed by atoms with E-state index in [1.807, 2.05) is 0 Å². The standard InChI is InChI=1S/C11H7ClF3N3O3/c12-8-4-6(1-2-9(8)21-11(13,14)15)3-7(10(19)20)5-17-18-16/h1-4H,5H2,(H,19,20). The van der Waals surface area contributed by atoms with Crippen molar-refractivity contribution in [2.24, 2.45) is 5.11 Å². The molecule has 1 aromatic carbocycles. The Labute approximate surface area is 121 Å². The maximum Gasteiger partial charge on any atom is 0.573 e. The molecule has 0 aliphatic rings. The molecule has 0 amide bonds. The van der Waals surface area contributed by atoms with Gasteiger partial charge in [0.25, 0.3) is 0 Å². The van der Waals surface area contributed by atoms with Crippen LogP contribution in [0.15, 0.2) is 28.9 Å². The third-order valence-electron chi connectivity index (χ3n) is 2.10. The number of nitrogens with zero attached hydrogens (tertiary/aromatic N) is 3. The number of carboxylic acids is 1. The molecule has 112 valence electrons. The summed E-state index contributed by atoms with van der Waals surface area (Å²) in [6.45, 7) is -0.412. The van der Waals surface area contributed by atoms with Gasteiger partial charge in [0.05, 0.1) is 11.6 Å². The fraction of sp³-hybridized carbons (Fsp3) is 0.182. The number of hydrogen-bond acceptors (Lipinski definition) is 3. The lowest BCUT2D eigenvalue weighted by molar-refractivity contribution is -0.274. The van der Waals surface area contributed by atoms with Crippen LogP contribution in [0, 0.1) is 0 Å². The second kappa shape index (κ2) is 6.87. The molecule has 10 heteroatoms. The Balaban J connectivity index is 3.07. The minimum Gasteiger partial charge on any atom is -0.478 e. The quantitative estimate of drug-likeness (QED) is 0.384. The lowest BCUT2D eigenvalue weighted by Crippen LogP contribution is -2.17. The van der Waals surface area contributed by atoms with Gasteiger partial charge in [-0.05, 0) is 29.3 Å². The largest absolute Gasteiger partial charge is 0.573 e. The molecule has 1 N–H and O–H groups in total. The molecule has 1 rings (SSSR count). The molecule has 0 unspecified atom stereocenters. The van der Waals surface area contributed by atoms with Gasteiger partial charge in [0, 0.05) is 10.5 Å². The first-order valence-corrected chi connectivity index (χ1v) is 5.61. The monoisotopic (exact) mass is 321 g/mol. The topological polar surface area (TPSA) is 95.3 Å². The van der Waals surface area contributed by atoms with Crippen LogP contribution in [-0.2, 0) is 4.79 Å². The van der Waals surface area contributed by atoms with Gasteiger partial charge in [-0.1, -0.05) is 22.8 Å². The number of halogens is 4. The lowest BCUT2D eigenvalue weighted by atomic mass is 10.1. The van der Waals surface area contributed by atoms with Crippen LogP contribution >= 0.6 is 11.6 Å². The van der Waals surface area contributed by atoms with E-state index in [0.29, 0.717) is 0 Å². The van der Waals surface area contributed by atoms with Crippen molar-refractivity contribution in [1.82, 2.24) is 0 Å². The first-order valence-electron chi connectivity index (χ1n) is 5.23. The summed E-state index contributed by atoms with van der Waals surface area (Å²) in [5.41, 5.74) is 8.13. The van der Waals surface area contributed by atoms with Gasteiger partial charge < -0.3 is 9.84 Å². The molecule has 0 aliphatic heterocycles. The molecule has 0 saturated carbocycles. The Morgan fingerprint density at radius 1 is 1.52 bits per heavy atom. The number of ether oxygens (including phenoxy) is 1. The average Bonchev–Trinajstić information content (AvgIpc) is 2.36. The number of benzene rings is 1. The van der Waals surface area contributed by atoms with E-state index in [9.17, 15) is 18.0 Å². The van der Waals surface area contributed by atoms with E-state index in [0.717, 1.165) is 18.2 Å². The molecule has 0 spiro atoms. The van der Waals surface area contributed by atoms with Crippen LogP contribution in [0.2, 0.25) is 5.02 Å². The zero-order valence-corrected chi connectivity index (χ0v) is 10.9. The van der Waals surface area contributed by atoms with E-state index in [4.69, 9.17) is 22.2 Å². The number of aliphatic carboxylic acids is 1. The minimum absolute atomic E-state index is 0.222. The number of carbonyl (C=O) groups is 1. The van der Waals surface area contributed by atoms with Gasteiger partial charge in [0.2, 0.25) is 0 Å². The Hall–Kier alpha value is -2.38. The van der Waals surface area contributed by atoms with Gasteiger partial charge in [0.15, 0.2) is 0 Å². The van der Waals surface area contributed by atoms with Crippen LogP contribution in [-0.4, -0.2) is 24.0 Å². The second-order valence-corrected chi connectivity index (χ2v) is 4.01. The lowest BCUT2D eigenvalue weighted by Gasteiger charge is -2.10. The Morgan fingerprint density at radius 2 is 2.19 bits per heavy atom. The summed E-state index contributed by atoms with van der Waals surface area (Å²) in [6, 6.07) is 3.24. The first kappa shape index (κ1) is 16.7. The van der Waals surface area contributed by atoms with Crippen LogP contribution in [0.3, 0.4) is 0 Å². The minimum atomic E-state index is -4.88. The molecule has 0 bridgehead atoms. The van der Waals surface area contributed by atoms with E-state index in [1.165, 1.54) is 6.07 Å². The second-order valence-electron chi connectivity index (χ2n) is 3.60. The Kier molecular flexibility index (Phi) is 5.45. The smallest absolute Gasteiger partial charge is 0.478 e. The number of alkyl halides is 3. The summed E-state index contributed by atoms with van der Waals surface area (Å²) in [5, 5.41) is 11.6. The number of carboxylic acid groups (broad SMARTS) is 1. The molecular formula is C11H7ClF3N3O3. The van der Waals surface area contributed by atoms with E-state index >= 15 is 0 Å². The predicted molar refractivity (Wildman–Crippen MR) is 67.8 cm³/mol. The zero-order chi connectivity index (χ0) is 16.0. The van der Waals surface area contributed by atoms with Crippen molar-refractivity contribution in [3.05, 3.63) is 44.8 Å². The maximum absolute atomic E-state index is 12.1. The molecule has 0 fully saturated rings. The number of azide groups is 1. The number of hydrogen-bond donors (Lipinski definition) is 1. The molecule has 0 radical (unpaired) electrons. The highest BCUT2D eigenvalue weighted by Gasteiger charge is 2.31. The molecule has 0 heterocycles. The highest BCUT2D eigenvalue weighted by Crippen LogP contribution is 2.31. The van der Waals surface area contributed by atoms with Crippen LogP contribution in [0.25, 0.3) is 16.5 Å².